The Bertz CT molecular complexity index is 183. The molecule has 3 nitrogen and oxygen atoms in total. The fourth-order valence-electron chi connectivity index (χ4n) is 2.53. The van der Waals surface area contributed by atoms with Crippen LogP contribution in [0.1, 0.15) is 32.6 Å². The highest BCUT2D eigenvalue weighted by molar-refractivity contribution is 4.93. The van der Waals surface area contributed by atoms with Crippen LogP contribution in [0.2, 0.25) is 0 Å². The molecule has 12 heavy (non-hydrogen) atoms. The normalized spacial score (nSPS) is 53.8. The van der Waals surface area contributed by atoms with Crippen LogP contribution < -0.4 is 0 Å². The third kappa shape index (κ3) is 1.16. The lowest BCUT2D eigenvalue weighted by Gasteiger charge is -2.41. The van der Waals surface area contributed by atoms with E-state index in [1.54, 1.807) is 0 Å². The van der Waals surface area contributed by atoms with E-state index in [2.05, 4.69) is 0 Å². The lowest BCUT2D eigenvalue weighted by Crippen LogP contribution is -2.50. The molecule has 70 valence electrons. The SMILES string of the molecule is CC1CC(O)C2CCC[C@@]2(O)O1. The van der Waals surface area contributed by atoms with Crippen molar-refractivity contribution in [3.05, 3.63) is 0 Å². The average molecular weight is 172 g/mol. The van der Waals surface area contributed by atoms with Crippen LogP contribution >= 0.6 is 0 Å². The predicted octanol–water partition coefficient (Wildman–Crippen LogP) is 0.645. The van der Waals surface area contributed by atoms with E-state index in [4.69, 9.17) is 4.74 Å². The highest BCUT2D eigenvalue weighted by Gasteiger charge is 2.50. The van der Waals surface area contributed by atoms with Gasteiger partial charge in [0.25, 0.3) is 0 Å². The minimum Gasteiger partial charge on any atom is -0.393 e. The molecule has 1 aliphatic carbocycles. The Balaban J connectivity index is 2.17. The molecule has 0 radical (unpaired) electrons. The second-order valence-corrected chi connectivity index (χ2v) is 4.08. The summed E-state index contributed by atoms with van der Waals surface area (Å²) in [4.78, 5) is 0. The van der Waals surface area contributed by atoms with Crippen LogP contribution in [0.25, 0.3) is 0 Å². The Morgan fingerprint density at radius 1 is 1.50 bits per heavy atom. The maximum Gasteiger partial charge on any atom is 0.171 e. The first-order chi connectivity index (χ1) is 5.62. The molecule has 2 N–H and O–H groups in total. The van der Waals surface area contributed by atoms with Crippen LogP contribution in [-0.4, -0.2) is 28.2 Å². The number of hydrogen-bond acceptors (Lipinski definition) is 3. The molecule has 1 saturated heterocycles. The zero-order valence-electron chi connectivity index (χ0n) is 7.36. The van der Waals surface area contributed by atoms with Crippen molar-refractivity contribution in [3.8, 4) is 0 Å². The molecule has 3 unspecified atom stereocenters. The van der Waals surface area contributed by atoms with Crippen molar-refractivity contribution in [2.75, 3.05) is 0 Å². The van der Waals surface area contributed by atoms with Gasteiger partial charge in [-0.3, -0.25) is 0 Å². The summed E-state index contributed by atoms with van der Waals surface area (Å²) >= 11 is 0. The Morgan fingerprint density at radius 3 is 3.00 bits per heavy atom. The van der Waals surface area contributed by atoms with Crippen LogP contribution in [0.15, 0.2) is 0 Å². The van der Waals surface area contributed by atoms with Gasteiger partial charge in [-0.25, -0.2) is 0 Å². The zero-order chi connectivity index (χ0) is 8.77. The molecule has 0 aromatic carbocycles. The first kappa shape index (κ1) is 8.48. The maximum atomic E-state index is 9.97. The summed E-state index contributed by atoms with van der Waals surface area (Å²) in [5.74, 6) is -1.06. The summed E-state index contributed by atoms with van der Waals surface area (Å²) in [6.45, 7) is 1.90. The fourth-order valence-corrected chi connectivity index (χ4v) is 2.53. The van der Waals surface area contributed by atoms with Gasteiger partial charge >= 0.3 is 0 Å². The lowest BCUT2D eigenvalue weighted by atomic mass is 9.89. The molecule has 4 atom stereocenters. The van der Waals surface area contributed by atoms with Crippen LogP contribution in [0.4, 0.5) is 0 Å². The van der Waals surface area contributed by atoms with E-state index in [1.165, 1.54) is 0 Å². The number of rotatable bonds is 0. The van der Waals surface area contributed by atoms with Crippen molar-refractivity contribution in [2.24, 2.45) is 5.92 Å². The third-order valence-electron chi connectivity index (χ3n) is 3.07. The first-order valence-corrected chi connectivity index (χ1v) is 4.70. The van der Waals surface area contributed by atoms with Crippen molar-refractivity contribution in [1.29, 1.82) is 0 Å². The average Bonchev–Trinajstić information content (AvgIpc) is 2.29. The van der Waals surface area contributed by atoms with E-state index in [0.29, 0.717) is 12.8 Å². The molecule has 0 aromatic heterocycles. The number of aliphatic hydroxyl groups excluding tert-OH is 1. The minimum absolute atomic E-state index is 0.0145. The van der Waals surface area contributed by atoms with E-state index in [9.17, 15) is 10.2 Å². The van der Waals surface area contributed by atoms with E-state index in [-0.39, 0.29) is 18.1 Å². The van der Waals surface area contributed by atoms with Gasteiger partial charge in [-0.2, -0.15) is 0 Å². The fraction of sp³-hybridized carbons (Fsp3) is 1.00. The largest absolute Gasteiger partial charge is 0.393 e. The highest BCUT2D eigenvalue weighted by Crippen LogP contribution is 2.44. The summed E-state index contributed by atoms with van der Waals surface area (Å²) in [5.41, 5.74) is 0. The maximum absolute atomic E-state index is 9.97. The number of fused-ring (bicyclic) bond motifs is 1. The molecule has 3 heteroatoms. The molecule has 1 saturated carbocycles. The van der Waals surface area contributed by atoms with Gasteiger partial charge in [-0.15, -0.1) is 0 Å². The Hall–Kier alpha value is -0.120. The molecule has 0 bridgehead atoms. The summed E-state index contributed by atoms with van der Waals surface area (Å²) in [5, 5.41) is 19.6. The Labute approximate surface area is 72.3 Å². The topological polar surface area (TPSA) is 49.7 Å². The number of ether oxygens (including phenoxy) is 1. The quantitative estimate of drug-likeness (QED) is 0.564. The van der Waals surface area contributed by atoms with E-state index in [0.717, 1.165) is 12.8 Å². The van der Waals surface area contributed by atoms with Gasteiger partial charge in [0.05, 0.1) is 12.2 Å². The smallest absolute Gasteiger partial charge is 0.171 e. The third-order valence-corrected chi connectivity index (χ3v) is 3.07. The van der Waals surface area contributed by atoms with Gasteiger partial charge in [0.2, 0.25) is 0 Å². The molecule has 1 aliphatic heterocycles. The summed E-state index contributed by atoms with van der Waals surface area (Å²) < 4.78 is 5.46. The molecule has 0 spiro atoms. The summed E-state index contributed by atoms with van der Waals surface area (Å²) in [6.07, 6.45) is 2.81. The van der Waals surface area contributed by atoms with Crippen molar-refractivity contribution in [2.45, 2.75) is 50.6 Å². The molecular formula is C9H16O3. The van der Waals surface area contributed by atoms with Crippen LogP contribution in [0, 0.1) is 5.92 Å². The minimum atomic E-state index is -1.02. The van der Waals surface area contributed by atoms with Gasteiger partial charge in [-0.1, -0.05) is 0 Å². The van der Waals surface area contributed by atoms with Crippen molar-refractivity contribution in [1.82, 2.24) is 0 Å². The zero-order valence-corrected chi connectivity index (χ0v) is 7.36. The molecule has 2 rings (SSSR count). The van der Waals surface area contributed by atoms with Crippen LogP contribution in [0.3, 0.4) is 0 Å². The van der Waals surface area contributed by atoms with Crippen molar-refractivity contribution in [3.63, 3.8) is 0 Å². The van der Waals surface area contributed by atoms with Crippen molar-refractivity contribution < 1.29 is 14.9 Å². The van der Waals surface area contributed by atoms with Crippen molar-refractivity contribution >= 4 is 0 Å². The van der Waals surface area contributed by atoms with Gasteiger partial charge in [-0.05, 0) is 26.2 Å². The molecule has 0 amide bonds. The Morgan fingerprint density at radius 2 is 2.25 bits per heavy atom. The molecule has 2 aliphatic rings. The molecule has 1 heterocycles. The monoisotopic (exact) mass is 172 g/mol. The second kappa shape index (κ2) is 2.69. The summed E-state index contributed by atoms with van der Waals surface area (Å²) in [6, 6.07) is 0. The van der Waals surface area contributed by atoms with Gasteiger partial charge < -0.3 is 14.9 Å². The number of hydrogen-bond donors (Lipinski definition) is 2. The highest BCUT2D eigenvalue weighted by atomic mass is 16.6. The van der Waals surface area contributed by atoms with Gasteiger partial charge in [0.1, 0.15) is 0 Å². The van der Waals surface area contributed by atoms with Crippen LogP contribution in [-0.2, 0) is 4.74 Å². The van der Waals surface area contributed by atoms with E-state index < -0.39 is 5.79 Å². The molecule has 2 fully saturated rings. The van der Waals surface area contributed by atoms with Crippen LogP contribution in [0.5, 0.6) is 0 Å². The second-order valence-electron chi connectivity index (χ2n) is 4.08. The Kier molecular flexibility index (Phi) is 1.90. The van der Waals surface area contributed by atoms with Gasteiger partial charge in [0, 0.05) is 12.3 Å². The lowest BCUT2D eigenvalue weighted by molar-refractivity contribution is -0.289. The summed E-state index contributed by atoms with van der Waals surface area (Å²) in [7, 11) is 0. The number of aliphatic hydroxyl groups is 2. The van der Waals surface area contributed by atoms with E-state index >= 15 is 0 Å². The molecular weight excluding hydrogens is 156 g/mol. The molecule has 0 aromatic rings. The van der Waals surface area contributed by atoms with Gasteiger partial charge in [0.15, 0.2) is 5.79 Å². The van der Waals surface area contributed by atoms with E-state index in [1.807, 2.05) is 6.92 Å². The predicted molar refractivity (Wildman–Crippen MR) is 43.5 cm³/mol. The standard InChI is InChI=1S/C9H16O3/c1-6-5-8(10)7-3-2-4-9(7,11)12-6/h6-8,10-11H,2-5H2,1H3/t6?,7?,8?,9-/m1/s1. The first-order valence-electron chi connectivity index (χ1n) is 4.70.